The van der Waals surface area contributed by atoms with E-state index in [1.54, 1.807) is 9.08 Å². The van der Waals surface area contributed by atoms with Gasteiger partial charge in [-0.25, -0.2) is 23.1 Å². The summed E-state index contributed by atoms with van der Waals surface area (Å²) in [4.78, 5) is 8.72. The number of hydrogen-bond acceptors (Lipinski definition) is 6. The first-order chi connectivity index (χ1) is 14.5. The summed E-state index contributed by atoms with van der Waals surface area (Å²) in [5.74, 6) is 0.952. The Morgan fingerprint density at radius 3 is 2.29 bits per heavy atom. The van der Waals surface area contributed by atoms with Crippen LogP contribution < -0.4 is 0 Å². The van der Waals surface area contributed by atoms with Crippen molar-refractivity contribution < 1.29 is 12.6 Å². The van der Waals surface area contributed by atoms with Crippen molar-refractivity contribution in [2.75, 3.05) is 12.0 Å². The molecule has 1 aromatic carbocycles. The lowest BCUT2D eigenvalue weighted by molar-refractivity contribution is 0.597. The summed E-state index contributed by atoms with van der Waals surface area (Å²) in [6, 6.07) is 1.44. The summed E-state index contributed by atoms with van der Waals surface area (Å²) in [6.07, 6.45) is 2.56. The Balaban J connectivity index is 2.12. The van der Waals surface area contributed by atoms with E-state index in [-0.39, 0.29) is 5.03 Å². The van der Waals surface area contributed by atoms with Crippen LogP contribution in [0.5, 0.6) is 0 Å². The third kappa shape index (κ3) is 3.20. The largest absolute Gasteiger partial charge is 0.285 e. The molecule has 0 saturated heterocycles. The van der Waals surface area contributed by atoms with Crippen LogP contribution in [-0.2, 0) is 20.6 Å². The molecule has 1 atom stereocenters. The van der Waals surface area contributed by atoms with Gasteiger partial charge in [-0.15, -0.1) is 0 Å². The molecular weight excluding hydrogens is 434 g/mol. The minimum Gasteiger partial charge on any atom is -0.285 e. The van der Waals surface area contributed by atoms with Gasteiger partial charge in [-0.2, -0.15) is 5.10 Å². The quantitative estimate of drug-likeness (QED) is 0.435. The molecule has 4 rings (SSSR count). The van der Waals surface area contributed by atoms with Gasteiger partial charge < -0.3 is 0 Å². The molecular formula is C21H25N5O3S2. The maximum absolute atomic E-state index is 13.2. The zero-order valence-electron chi connectivity index (χ0n) is 18.6. The highest BCUT2D eigenvalue weighted by molar-refractivity contribution is 7.90. The molecule has 8 nitrogen and oxygen atoms in total. The minimum absolute atomic E-state index is 0.0440. The van der Waals surface area contributed by atoms with E-state index in [9.17, 15) is 12.6 Å². The van der Waals surface area contributed by atoms with Crippen LogP contribution in [0.2, 0.25) is 0 Å². The Kier molecular flexibility index (Phi) is 5.05. The molecule has 0 radical (unpaired) electrons. The highest BCUT2D eigenvalue weighted by Gasteiger charge is 2.25. The smallest absolute Gasteiger partial charge is 0.192 e. The molecule has 0 amide bonds. The fraction of sp³-hybridized carbons (Fsp3) is 0.381. The molecule has 31 heavy (non-hydrogen) atoms. The summed E-state index contributed by atoms with van der Waals surface area (Å²) in [5.41, 5.74) is 6.41. The molecule has 3 aromatic heterocycles. The number of aryl methyl sites for hydroxylation is 3. The molecule has 0 bridgehead atoms. The van der Waals surface area contributed by atoms with Gasteiger partial charge in [-0.1, -0.05) is 6.92 Å². The fourth-order valence-electron chi connectivity index (χ4n) is 3.86. The number of fused-ring (bicyclic) bond motifs is 2. The molecule has 0 aliphatic heterocycles. The maximum Gasteiger partial charge on any atom is 0.192 e. The van der Waals surface area contributed by atoms with Crippen LogP contribution in [-0.4, -0.2) is 48.8 Å². The van der Waals surface area contributed by atoms with Crippen molar-refractivity contribution in [1.82, 2.24) is 24.1 Å². The van der Waals surface area contributed by atoms with Crippen LogP contribution >= 0.6 is 0 Å². The standard InChI is InChI=1S/C21H25N5O3S2/c1-8-30(27)21-18-13(4)11(2)12(3)14(5)19(18)24-26(21)20-15(6)25-10-22-17(31(7,28)29)9-16(25)23-20/h9-10H,8H2,1-7H3. The Bertz CT molecular complexity index is 1510. The van der Waals surface area contributed by atoms with E-state index in [1.165, 1.54) is 12.4 Å². The molecule has 1 unspecified atom stereocenters. The zero-order chi connectivity index (χ0) is 22.8. The summed E-state index contributed by atoms with van der Waals surface area (Å²) in [6.45, 7) is 11.9. The first-order valence-electron chi connectivity index (χ1n) is 9.89. The molecule has 0 saturated carbocycles. The number of benzene rings is 1. The average Bonchev–Trinajstić information content (AvgIpc) is 3.27. The van der Waals surface area contributed by atoms with Crippen LogP contribution in [0.1, 0.15) is 34.9 Å². The van der Waals surface area contributed by atoms with Crippen LogP contribution in [0.3, 0.4) is 0 Å². The number of aromatic nitrogens is 5. The van der Waals surface area contributed by atoms with Gasteiger partial charge in [0.2, 0.25) is 0 Å². The molecule has 0 spiro atoms. The molecule has 164 valence electrons. The van der Waals surface area contributed by atoms with Crippen molar-refractivity contribution in [1.29, 1.82) is 0 Å². The summed E-state index contributed by atoms with van der Waals surface area (Å²) >= 11 is 0. The van der Waals surface area contributed by atoms with E-state index in [1.807, 2.05) is 27.7 Å². The van der Waals surface area contributed by atoms with Crippen molar-refractivity contribution in [2.24, 2.45) is 0 Å². The second-order valence-electron chi connectivity index (χ2n) is 7.82. The fourth-order valence-corrected chi connectivity index (χ4v) is 5.49. The maximum atomic E-state index is 13.2. The number of imidazole rings is 1. The van der Waals surface area contributed by atoms with Gasteiger partial charge in [0, 0.05) is 23.5 Å². The van der Waals surface area contributed by atoms with Crippen molar-refractivity contribution >= 4 is 37.2 Å². The Hall–Kier alpha value is -2.59. The first-order valence-corrected chi connectivity index (χ1v) is 13.1. The van der Waals surface area contributed by atoms with Crippen LogP contribution in [0.4, 0.5) is 0 Å². The van der Waals surface area contributed by atoms with Gasteiger partial charge in [0.25, 0.3) is 0 Å². The molecule has 0 aliphatic carbocycles. The third-order valence-corrected chi connectivity index (χ3v) is 8.34. The van der Waals surface area contributed by atoms with Crippen molar-refractivity contribution in [2.45, 2.75) is 51.6 Å². The SMILES string of the molecule is CCS(=O)c1c2c(C)c(C)c(C)c(C)c2nn1-c1nc2cc(S(C)(=O)=O)ncn2c1C. The first kappa shape index (κ1) is 21.6. The lowest BCUT2D eigenvalue weighted by Crippen LogP contribution is -2.08. The Morgan fingerprint density at radius 2 is 1.68 bits per heavy atom. The molecule has 4 aromatic rings. The monoisotopic (exact) mass is 459 g/mol. The predicted molar refractivity (Wildman–Crippen MR) is 121 cm³/mol. The van der Waals surface area contributed by atoms with Gasteiger partial charge in [0.05, 0.1) is 22.0 Å². The summed E-state index contributed by atoms with van der Waals surface area (Å²) < 4.78 is 40.4. The van der Waals surface area contributed by atoms with E-state index in [0.29, 0.717) is 22.2 Å². The normalized spacial score (nSPS) is 13.4. The van der Waals surface area contributed by atoms with Gasteiger partial charge in [0.1, 0.15) is 17.0 Å². The Labute approximate surface area is 183 Å². The lowest BCUT2D eigenvalue weighted by Gasteiger charge is -2.11. The van der Waals surface area contributed by atoms with E-state index < -0.39 is 20.6 Å². The average molecular weight is 460 g/mol. The van der Waals surface area contributed by atoms with Gasteiger partial charge >= 0.3 is 0 Å². The number of sulfone groups is 1. The van der Waals surface area contributed by atoms with E-state index in [4.69, 9.17) is 5.10 Å². The van der Waals surface area contributed by atoms with Gasteiger partial charge in [-0.05, 0) is 56.9 Å². The highest BCUT2D eigenvalue weighted by Crippen LogP contribution is 2.34. The summed E-state index contributed by atoms with van der Waals surface area (Å²) in [7, 11) is -4.75. The predicted octanol–water partition coefficient (Wildman–Crippen LogP) is 3.14. The number of nitrogens with zero attached hydrogens (tertiary/aromatic N) is 5. The van der Waals surface area contributed by atoms with Gasteiger partial charge in [0.15, 0.2) is 20.7 Å². The molecule has 0 aliphatic rings. The molecule has 10 heteroatoms. The second kappa shape index (κ2) is 7.23. The molecule has 3 heterocycles. The van der Waals surface area contributed by atoms with Crippen molar-refractivity contribution in [3.63, 3.8) is 0 Å². The Morgan fingerprint density at radius 1 is 1.03 bits per heavy atom. The minimum atomic E-state index is -3.46. The lowest BCUT2D eigenvalue weighted by atomic mass is 9.96. The number of hydrogen-bond donors (Lipinski definition) is 0. The summed E-state index contributed by atoms with van der Waals surface area (Å²) in [5, 5.41) is 6.32. The van der Waals surface area contributed by atoms with Crippen LogP contribution in [0, 0.1) is 34.6 Å². The topological polar surface area (TPSA) is 99.2 Å². The van der Waals surface area contributed by atoms with E-state index in [0.717, 1.165) is 45.1 Å². The van der Waals surface area contributed by atoms with Crippen LogP contribution in [0.15, 0.2) is 22.4 Å². The third-order valence-electron chi connectivity index (χ3n) is 6.02. The molecule has 0 N–H and O–H groups in total. The zero-order valence-corrected chi connectivity index (χ0v) is 20.3. The van der Waals surface area contributed by atoms with Crippen molar-refractivity contribution in [3.8, 4) is 5.82 Å². The van der Waals surface area contributed by atoms with E-state index in [2.05, 4.69) is 23.8 Å². The van der Waals surface area contributed by atoms with E-state index >= 15 is 0 Å². The number of rotatable bonds is 4. The van der Waals surface area contributed by atoms with Gasteiger partial charge in [-0.3, -0.25) is 8.61 Å². The van der Waals surface area contributed by atoms with Crippen LogP contribution in [0.25, 0.3) is 22.4 Å². The highest BCUT2D eigenvalue weighted by atomic mass is 32.2. The van der Waals surface area contributed by atoms with Crippen molar-refractivity contribution in [3.05, 3.63) is 40.3 Å². The second-order valence-corrected chi connectivity index (χ2v) is 11.4. The molecule has 0 fully saturated rings.